The number of aliphatic hydroxyl groups is 1. The maximum absolute atomic E-state index is 9.51. The third-order valence-electron chi connectivity index (χ3n) is 2.32. The number of hydrogen-bond donors (Lipinski definition) is 1. The van der Waals surface area contributed by atoms with Gasteiger partial charge in [-0.25, -0.2) is 0 Å². The lowest BCUT2D eigenvalue weighted by Gasteiger charge is -2.23. The van der Waals surface area contributed by atoms with Crippen LogP contribution in [0.5, 0.6) is 0 Å². The van der Waals surface area contributed by atoms with E-state index in [0.29, 0.717) is 11.7 Å². The van der Waals surface area contributed by atoms with Gasteiger partial charge in [0.25, 0.3) is 0 Å². The molecule has 0 unspecified atom stereocenters. The van der Waals surface area contributed by atoms with E-state index in [1.165, 1.54) is 6.42 Å². The Kier molecular flexibility index (Phi) is 2.38. The lowest BCUT2D eigenvalue weighted by atomic mass is 9.84. The topological polar surface area (TPSA) is 20.2 Å². The van der Waals surface area contributed by atoms with Crippen molar-refractivity contribution in [2.24, 2.45) is 11.8 Å². The minimum absolute atomic E-state index is 0.228. The molecule has 0 amide bonds. The second-order valence-corrected chi connectivity index (χ2v) is 3.55. The van der Waals surface area contributed by atoms with Crippen LogP contribution in [0.4, 0.5) is 0 Å². The molecule has 1 aliphatic carbocycles. The summed E-state index contributed by atoms with van der Waals surface area (Å²) in [4.78, 5) is 0. The highest BCUT2D eigenvalue weighted by atomic mass is 16.3. The van der Waals surface area contributed by atoms with Gasteiger partial charge in [0, 0.05) is 5.92 Å². The number of rotatable bonds is 1. The quantitative estimate of drug-likeness (QED) is 0.572. The molecule has 62 valence electrons. The summed E-state index contributed by atoms with van der Waals surface area (Å²) in [6.07, 6.45) is 4.17. The van der Waals surface area contributed by atoms with Gasteiger partial charge in [0.2, 0.25) is 0 Å². The van der Waals surface area contributed by atoms with E-state index >= 15 is 0 Å². The summed E-state index contributed by atoms with van der Waals surface area (Å²) in [5.74, 6) is 1.29. The van der Waals surface area contributed by atoms with Crippen LogP contribution in [0, 0.1) is 11.8 Å². The Bertz CT molecular complexity index is 191. The average molecular weight is 152 g/mol. The summed E-state index contributed by atoms with van der Waals surface area (Å²) in [5.41, 5.74) is 1.07. The van der Waals surface area contributed by atoms with E-state index in [1.54, 1.807) is 0 Å². The summed E-state index contributed by atoms with van der Waals surface area (Å²) in [7, 11) is 0. The fourth-order valence-electron chi connectivity index (χ4n) is 1.57. The highest BCUT2D eigenvalue weighted by Gasteiger charge is 2.20. The Balaban J connectivity index is 2.72. The predicted octanol–water partition coefficient (Wildman–Crippen LogP) is 3.05. The molecule has 0 heterocycles. The lowest BCUT2D eigenvalue weighted by Crippen LogP contribution is -2.13. The van der Waals surface area contributed by atoms with E-state index in [9.17, 15) is 5.11 Å². The van der Waals surface area contributed by atoms with Crippen molar-refractivity contribution >= 4 is 0 Å². The maximum atomic E-state index is 9.51. The molecule has 1 nitrogen and oxygen atoms in total. The van der Waals surface area contributed by atoms with Crippen LogP contribution in [-0.4, -0.2) is 5.11 Å². The molecule has 1 rings (SSSR count). The van der Waals surface area contributed by atoms with Gasteiger partial charge < -0.3 is 5.11 Å². The van der Waals surface area contributed by atoms with Crippen molar-refractivity contribution in [3.63, 3.8) is 0 Å². The fraction of sp³-hybridized carbons (Fsp3) is 0.600. The van der Waals surface area contributed by atoms with Gasteiger partial charge >= 0.3 is 0 Å². The summed E-state index contributed by atoms with van der Waals surface area (Å²) >= 11 is 0. The van der Waals surface area contributed by atoms with Gasteiger partial charge in [-0.15, -0.1) is 0 Å². The van der Waals surface area contributed by atoms with Crippen LogP contribution in [-0.2, 0) is 0 Å². The molecule has 1 N–H and O–H groups in total. The van der Waals surface area contributed by atoms with Crippen LogP contribution in [0.15, 0.2) is 24.0 Å². The molecule has 0 aromatic heterocycles. The number of allylic oxidation sites excluding steroid dienone is 2. The fourth-order valence-corrected chi connectivity index (χ4v) is 1.57. The molecule has 0 spiro atoms. The summed E-state index contributed by atoms with van der Waals surface area (Å²) in [6.45, 7) is 7.96. The largest absolute Gasteiger partial charge is 0.512 e. The minimum Gasteiger partial charge on any atom is -0.512 e. The molecule has 1 heteroatoms. The Labute approximate surface area is 68.4 Å². The van der Waals surface area contributed by atoms with Gasteiger partial charge in [-0.1, -0.05) is 19.1 Å². The molecular formula is C10H16O. The van der Waals surface area contributed by atoms with Crippen LogP contribution < -0.4 is 0 Å². The van der Waals surface area contributed by atoms with Crippen molar-refractivity contribution in [1.29, 1.82) is 0 Å². The van der Waals surface area contributed by atoms with Crippen molar-refractivity contribution in [2.45, 2.75) is 26.7 Å². The van der Waals surface area contributed by atoms with Gasteiger partial charge in [0.05, 0.1) is 5.76 Å². The second-order valence-electron chi connectivity index (χ2n) is 3.55. The summed E-state index contributed by atoms with van der Waals surface area (Å²) in [6, 6.07) is 0. The van der Waals surface area contributed by atoms with Crippen molar-refractivity contribution in [3.05, 3.63) is 24.0 Å². The van der Waals surface area contributed by atoms with Gasteiger partial charge in [-0.2, -0.15) is 0 Å². The first-order chi connectivity index (χ1) is 5.11. The molecule has 0 fully saturated rings. The lowest BCUT2D eigenvalue weighted by molar-refractivity contribution is 0.306. The van der Waals surface area contributed by atoms with Crippen molar-refractivity contribution < 1.29 is 5.11 Å². The van der Waals surface area contributed by atoms with E-state index < -0.39 is 0 Å². The van der Waals surface area contributed by atoms with E-state index in [4.69, 9.17) is 0 Å². The van der Waals surface area contributed by atoms with Gasteiger partial charge in [-0.05, 0) is 31.8 Å². The minimum atomic E-state index is 0.228. The Morgan fingerprint density at radius 1 is 1.64 bits per heavy atom. The first-order valence-corrected chi connectivity index (χ1v) is 4.17. The van der Waals surface area contributed by atoms with E-state index in [1.807, 2.05) is 13.0 Å². The Morgan fingerprint density at radius 2 is 2.27 bits per heavy atom. The SMILES string of the molecule is C=C(C)[C@@H]1CC[C@H](C)C=C1O. The van der Waals surface area contributed by atoms with Crippen LogP contribution in [0.1, 0.15) is 26.7 Å². The Hall–Kier alpha value is -0.720. The first-order valence-electron chi connectivity index (χ1n) is 4.17. The third kappa shape index (κ3) is 1.86. The first kappa shape index (κ1) is 8.38. The second kappa shape index (κ2) is 3.12. The molecule has 0 aliphatic heterocycles. The van der Waals surface area contributed by atoms with E-state index in [0.717, 1.165) is 12.0 Å². The zero-order valence-corrected chi connectivity index (χ0v) is 7.30. The molecule has 1 aliphatic rings. The molecule has 0 bridgehead atoms. The molecular weight excluding hydrogens is 136 g/mol. The van der Waals surface area contributed by atoms with Crippen molar-refractivity contribution in [3.8, 4) is 0 Å². The normalized spacial score (nSPS) is 31.3. The highest BCUT2D eigenvalue weighted by molar-refractivity contribution is 5.15. The predicted molar refractivity (Wildman–Crippen MR) is 47.4 cm³/mol. The van der Waals surface area contributed by atoms with Crippen molar-refractivity contribution in [1.82, 2.24) is 0 Å². The number of aliphatic hydroxyl groups excluding tert-OH is 1. The zero-order chi connectivity index (χ0) is 8.43. The zero-order valence-electron chi connectivity index (χ0n) is 7.30. The van der Waals surface area contributed by atoms with Gasteiger partial charge in [-0.3, -0.25) is 0 Å². The molecule has 0 aromatic carbocycles. The van der Waals surface area contributed by atoms with Crippen LogP contribution in [0.3, 0.4) is 0 Å². The molecule has 2 atom stereocenters. The highest BCUT2D eigenvalue weighted by Crippen LogP contribution is 2.30. The van der Waals surface area contributed by atoms with Crippen LogP contribution in [0.25, 0.3) is 0 Å². The van der Waals surface area contributed by atoms with Crippen LogP contribution >= 0.6 is 0 Å². The number of hydrogen-bond acceptors (Lipinski definition) is 1. The molecule has 0 saturated heterocycles. The van der Waals surface area contributed by atoms with Crippen LogP contribution in [0.2, 0.25) is 0 Å². The average Bonchev–Trinajstić information content (AvgIpc) is 1.85. The summed E-state index contributed by atoms with van der Waals surface area (Å²) in [5, 5.41) is 9.51. The van der Waals surface area contributed by atoms with E-state index in [2.05, 4.69) is 13.5 Å². The monoisotopic (exact) mass is 152 g/mol. The molecule has 0 radical (unpaired) electrons. The van der Waals surface area contributed by atoms with Gasteiger partial charge in [0.1, 0.15) is 0 Å². The molecule has 0 aromatic rings. The maximum Gasteiger partial charge on any atom is 0.0956 e. The molecule has 11 heavy (non-hydrogen) atoms. The standard InChI is InChI=1S/C10H16O/c1-7(2)9-5-4-8(3)6-10(9)11/h6,8-9,11H,1,4-5H2,2-3H3/t8-,9-/m0/s1. The van der Waals surface area contributed by atoms with E-state index in [-0.39, 0.29) is 5.92 Å². The Morgan fingerprint density at radius 3 is 2.73 bits per heavy atom. The van der Waals surface area contributed by atoms with Crippen molar-refractivity contribution in [2.75, 3.05) is 0 Å². The summed E-state index contributed by atoms with van der Waals surface area (Å²) < 4.78 is 0. The third-order valence-corrected chi connectivity index (χ3v) is 2.32. The van der Waals surface area contributed by atoms with Gasteiger partial charge in [0.15, 0.2) is 0 Å². The smallest absolute Gasteiger partial charge is 0.0956 e. The molecule has 0 saturated carbocycles.